The van der Waals surface area contributed by atoms with Crippen molar-refractivity contribution < 1.29 is 4.74 Å². The SMILES string of the molecule is C1CCC(C2COC2)CC1.C1CCC2(CC1)CCC2. The van der Waals surface area contributed by atoms with Crippen LogP contribution in [-0.2, 0) is 4.74 Å². The molecule has 1 nitrogen and oxygen atoms in total. The van der Waals surface area contributed by atoms with Crippen molar-refractivity contribution in [2.24, 2.45) is 17.3 Å². The molecule has 0 aromatic carbocycles. The van der Waals surface area contributed by atoms with Crippen LogP contribution in [0, 0.1) is 17.3 Å². The Labute approximate surface area is 119 Å². The Hall–Kier alpha value is -0.0400. The predicted molar refractivity (Wildman–Crippen MR) is 80.3 cm³/mol. The maximum atomic E-state index is 5.19. The van der Waals surface area contributed by atoms with E-state index in [2.05, 4.69) is 0 Å². The van der Waals surface area contributed by atoms with Crippen LogP contribution < -0.4 is 0 Å². The van der Waals surface area contributed by atoms with Gasteiger partial charge in [0.25, 0.3) is 0 Å². The molecule has 0 aromatic rings. The summed E-state index contributed by atoms with van der Waals surface area (Å²) in [7, 11) is 0. The molecule has 4 rings (SSSR count). The number of ether oxygens (including phenoxy) is 1. The maximum Gasteiger partial charge on any atom is 0.0519 e. The van der Waals surface area contributed by atoms with Gasteiger partial charge in [-0.2, -0.15) is 0 Å². The van der Waals surface area contributed by atoms with Gasteiger partial charge in [0.2, 0.25) is 0 Å². The summed E-state index contributed by atoms with van der Waals surface area (Å²) in [5.74, 6) is 1.97. The van der Waals surface area contributed by atoms with E-state index in [4.69, 9.17) is 4.74 Å². The Balaban J connectivity index is 0.000000117. The minimum Gasteiger partial charge on any atom is -0.381 e. The summed E-state index contributed by atoms with van der Waals surface area (Å²) in [4.78, 5) is 0. The average Bonchev–Trinajstić information content (AvgIpc) is 2.38. The topological polar surface area (TPSA) is 9.23 Å². The third-order valence-corrected chi connectivity index (χ3v) is 6.31. The third-order valence-electron chi connectivity index (χ3n) is 6.31. The van der Waals surface area contributed by atoms with Gasteiger partial charge in [-0.25, -0.2) is 0 Å². The molecule has 1 saturated heterocycles. The monoisotopic (exact) mass is 264 g/mol. The first kappa shape index (κ1) is 13.9. The van der Waals surface area contributed by atoms with E-state index in [1.54, 1.807) is 25.7 Å². The molecule has 0 aromatic heterocycles. The lowest BCUT2D eigenvalue weighted by Gasteiger charge is -2.45. The molecule has 4 aliphatic rings. The van der Waals surface area contributed by atoms with Gasteiger partial charge in [0.05, 0.1) is 13.2 Å². The molecular formula is C18H32O. The molecule has 0 unspecified atom stereocenters. The van der Waals surface area contributed by atoms with Crippen molar-refractivity contribution in [3.8, 4) is 0 Å². The highest BCUT2D eigenvalue weighted by Gasteiger charge is 2.37. The summed E-state index contributed by atoms with van der Waals surface area (Å²) in [6.07, 6.45) is 19.7. The van der Waals surface area contributed by atoms with Crippen molar-refractivity contribution in [2.75, 3.05) is 13.2 Å². The number of rotatable bonds is 1. The van der Waals surface area contributed by atoms with Crippen molar-refractivity contribution in [3.05, 3.63) is 0 Å². The highest BCUT2D eigenvalue weighted by atomic mass is 16.5. The fourth-order valence-corrected chi connectivity index (χ4v) is 4.61. The van der Waals surface area contributed by atoms with Gasteiger partial charge in [0.1, 0.15) is 0 Å². The Morgan fingerprint density at radius 1 is 0.579 bits per heavy atom. The van der Waals surface area contributed by atoms with Crippen molar-refractivity contribution in [1.82, 2.24) is 0 Å². The summed E-state index contributed by atoms with van der Waals surface area (Å²) >= 11 is 0. The van der Waals surface area contributed by atoms with E-state index in [9.17, 15) is 0 Å². The van der Waals surface area contributed by atoms with Gasteiger partial charge in [-0.05, 0) is 37.0 Å². The first-order chi connectivity index (χ1) is 9.38. The highest BCUT2D eigenvalue weighted by molar-refractivity contribution is 4.89. The zero-order chi connectivity index (χ0) is 13.0. The first-order valence-electron chi connectivity index (χ1n) is 8.96. The lowest BCUT2D eigenvalue weighted by atomic mass is 9.61. The molecule has 3 saturated carbocycles. The lowest BCUT2D eigenvalue weighted by Crippen LogP contribution is -2.35. The summed E-state index contributed by atoms with van der Waals surface area (Å²) in [6, 6.07) is 0. The van der Waals surface area contributed by atoms with Crippen LogP contribution in [0.5, 0.6) is 0 Å². The Bertz CT molecular complexity index is 251. The van der Waals surface area contributed by atoms with Crippen LogP contribution in [0.25, 0.3) is 0 Å². The summed E-state index contributed by atoms with van der Waals surface area (Å²) in [5.41, 5.74) is 0.901. The molecule has 1 heteroatoms. The first-order valence-corrected chi connectivity index (χ1v) is 8.96. The van der Waals surface area contributed by atoms with E-state index in [1.807, 2.05) is 0 Å². The largest absolute Gasteiger partial charge is 0.381 e. The van der Waals surface area contributed by atoms with E-state index in [1.165, 1.54) is 57.8 Å². The summed E-state index contributed by atoms with van der Waals surface area (Å²) < 4.78 is 5.19. The Morgan fingerprint density at radius 3 is 1.58 bits per heavy atom. The third kappa shape index (κ3) is 3.54. The highest BCUT2D eigenvalue weighted by Crippen LogP contribution is 2.51. The normalized spacial score (nSPS) is 30.9. The minimum absolute atomic E-state index is 0.901. The lowest BCUT2D eigenvalue weighted by molar-refractivity contribution is -0.0675. The van der Waals surface area contributed by atoms with Crippen LogP contribution >= 0.6 is 0 Å². The predicted octanol–water partition coefficient (Wildman–Crippen LogP) is 5.33. The van der Waals surface area contributed by atoms with Gasteiger partial charge < -0.3 is 4.74 Å². The van der Waals surface area contributed by atoms with Crippen LogP contribution in [0.1, 0.15) is 83.5 Å². The quantitative estimate of drug-likeness (QED) is 0.621. The second-order valence-corrected chi connectivity index (χ2v) is 7.61. The van der Waals surface area contributed by atoms with E-state index < -0.39 is 0 Å². The van der Waals surface area contributed by atoms with E-state index in [0.29, 0.717) is 0 Å². The Morgan fingerprint density at radius 2 is 1.16 bits per heavy atom. The van der Waals surface area contributed by atoms with Crippen LogP contribution in [0.2, 0.25) is 0 Å². The molecule has 19 heavy (non-hydrogen) atoms. The molecule has 0 radical (unpaired) electrons. The zero-order valence-electron chi connectivity index (χ0n) is 12.7. The van der Waals surface area contributed by atoms with Gasteiger partial charge in [0.15, 0.2) is 0 Å². The van der Waals surface area contributed by atoms with Crippen LogP contribution in [0.3, 0.4) is 0 Å². The Kier molecular flexibility index (Phi) is 4.84. The summed E-state index contributed by atoms with van der Waals surface area (Å²) in [6.45, 7) is 2.12. The van der Waals surface area contributed by atoms with Crippen molar-refractivity contribution >= 4 is 0 Å². The summed E-state index contributed by atoms with van der Waals surface area (Å²) in [5, 5.41) is 0. The van der Waals surface area contributed by atoms with Gasteiger partial charge in [0, 0.05) is 5.92 Å². The average molecular weight is 264 g/mol. The number of hydrogen-bond acceptors (Lipinski definition) is 1. The fraction of sp³-hybridized carbons (Fsp3) is 1.00. The van der Waals surface area contributed by atoms with E-state index in [0.717, 1.165) is 30.5 Å². The molecule has 3 aliphatic carbocycles. The van der Waals surface area contributed by atoms with Gasteiger partial charge in [-0.3, -0.25) is 0 Å². The standard InChI is InChI=1S/C9H16O.C9H16/c1-2-4-8(5-3-1)9-6-10-7-9;1-2-5-9(6-3-1)7-4-8-9/h8-9H,1-7H2;1-8H2. The van der Waals surface area contributed by atoms with Crippen molar-refractivity contribution in [1.29, 1.82) is 0 Å². The van der Waals surface area contributed by atoms with Crippen LogP contribution in [-0.4, -0.2) is 13.2 Å². The van der Waals surface area contributed by atoms with Gasteiger partial charge >= 0.3 is 0 Å². The molecule has 1 aliphatic heterocycles. The second kappa shape index (κ2) is 6.61. The van der Waals surface area contributed by atoms with E-state index in [-0.39, 0.29) is 0 Å². The van der Waals surface area contributed by atoms with Crippen LogP contribution in [0.15, 0.2) is 0 Å². The van der Waals surface area contributed by atoms with Gasteiger partial charge in [-0.1, -0.05) is 57.8 Å². The molecule has 0 amide bonds. The molecule has 1 heterocycles. The molecule has 1 spiro atoms. The van der Waals surface area contributed by atoms with Crippen molar-refractivity contribution in [3.63, 3.8) is 0 Å². The molecular weight excluding hydrogens is 232 g/mol. The molecule has 110 valence electrons. The van der Waals surface area contributed by atoms with Gasteiger partial charge in [-0.15, -0.1) is 0 Å². The van der Waals surface area contributed by atoms with Crippen LogP contribution in [0.4, 0.5) is 0 Å². The number of hydrogen-bond donors (Lipinski definition) is 0. The fourth-order valence-electron chi connectivity index (χ4n) is 4.61. The molecule has 4 fully saturated rings. The van der Waals surface area contributed by atoms with Crippen molar-refractivity contribution in [2.45, 2.75) is 83.5 Å². The smallest absolute Gasteiger partial charge is 0.0519 e. The second-order valence-electron chi connectivity index (χ2n) is 7.61. The molecule has 0 N–H and O–H groups in total. The molecule has 0 bridgehead atoms. The maximum absolute atomic E-state index is 5.19. The van der Waals surface area contributed by atoms with E-state index >= 15 is 0 Å². The minimum atomic E-state index is 0.901. The molecule has 0 atom stereocenters. The zero-order valence-corrected chi connectivity index (χ0v) is 12.7.